The van der Waals surface area contributed by atoms with Crippen molar-refractivity contribution in [3.05, 3.63) is 95.6 Å². The van der Waals surface area contributed by atoms with Crippen LogP contribution >= 0.6 is 0 Å². The molecule has 0 radical (unpaired) electrons. The predicted molar refractivity (Wildman–Crippen MR) is 102 cm³/mol. The molecule has 0 N–H and O–H groups in total. The van der Waals surface area contributed by atoms with Gasteiger partial charge in [-0.15, -0.1) is 0 Å². The van der Waals surface area contributed by atoms with Crippen molar-refractivity contribution in [2.45, 2.75) is 13.3 Å². The predicted octanol–water partition coefficient (Wildman–Crippen LogP) is 6.39. The van der Waals surface area contributed by atoms with E-state index in [0.29, 0.717) is 0 Å². The monoisotopic (exact) mass is 306 g/mol. The average molecular weight is 306 g/mol. The molecule has 4 aromatic rings. The van der Waals surface area contributed by atoms with Crippen LogP contribution in [0, 0.1) is 6.92 Å². The number of rotatable bonds is 1. The molecule has 0 aliphatic heterocycles. The van der Waals surface area contributed by atoms with Gasteiger partial charge in [0.15, 0.2) is 0 Å². The maximum Gasteiger partial charge on any atom is -0.00106 e. The van der Waals surface area contributed by atoms with Crippen LogP contribution in [0.4, 0.5) is 0 Å². The van der Waals surface area contributed by atoms with Gasteiger partial charge in [-0.25, -0.2) is 0 Å². The second kappa shape index (κ2) is 5.07. The Morgan fingerprint density at radius 3 is 2.25 bits per heavy atom. The molecule has 0 nitrogen and oxygen atoms in total. The third-order valence-corrected chi connectivity index (χ3v) is 5.35. The quantitative estimate of drug-likeness (QED) is 0.337. The van der Waals surface area contributed by atoms with Crippen LogP contribution in [0.3, 0.4) is 0 Å². The highest BCUT2D eigenvalue weighted by atomic mass is 14.2. The fourth-order valence-electron chi connectivity index (χ4n) is 4.12. The number of hydrogen-bond donors (Lipinski definition) is 0. The van der Waals surface area contributed by atoms with Crippen molar-refractivity contribution < 1.29 is 0 Å². The van der Waals surface area contributed by atoms with Gasteiger partial charge in [0.2, 0.25) is 0 Å². The fraction of sp³-hybridized carbons (Fsp3) is 0.0833. The van der Waals surface area contributed by atoms with Gasteiger partial charge in [-0.05, 0) is 63.1 Å². The normalized spacial score (nSPS) is 12.2. The lowest BCUT2D eigenvalue weighted by molar-refractivity contribution is 1.22. The molecular formula is C24H18. The molecular weight excluding hydrogens is 288 g/mol. The molecule has 0 bridgehead atoms. The minimum absolute atomic E-state index is 1.05. The zero-order valence-electron chi connectivity index (χ0n) is 13.7. The molecule has 0 heterocycles. The summed E-state index contributed by atoms with van der Waals surface area (Å²) in [7, 11) is 0. The van der Waals surface area contributed by atoms with Crippen LogP contribution in [0.5, 0.6) is 0 Å². The van der Waals surface area contributed by atoms with E-state index in [9.17, 15) is 0 Å². The highest BCUT2D eigenvalue weighted by Crippen LogP contribution is 2.42. The smallest absolute Gasteiger partial charge is 0.00106 e. The SMILES string of the molecule is Cc1c(-c2cccc3ccccc23)ccc2c1Cc1ccccc1-2. The van der Waals surface area contributed by atoms with Gasteiger partial charge >= 0.3 is 0 Å². The van der Waals surface area contributed by atoms with E-state index in [1.807, 2.05) is 0 Å². The molecule has 0 unspecified atom stereocenters. The highest BCUT2D eigenvalue weighted by Gasteiger charge is 2.21. The van der Waals surface area contributed by atoms with Crippen LogP contribution in [0.2, 0.25) is 0 Å². The maximum absolute atomic E-state index is 2.31. The van der Waals surface area contributed by atoms with Crippen LogP contribution in [0.1, 0.15) is 16.7 Å². The first kappa shape index (κ1) is 13.6. The minimum Gasteiger partial charge on any atom is -0.0619 e. The van der Waals surface area contributed by atoms with E-state index in [1.54, 1.807) is 0 Å². The zero-order valence-corrected chi connectivity index (χ0v) is 13.7. The Kier molecular flexibility index (Phi) is 2.87. The largest absolute Gasteiger partial charge is 0.0619 e. The van der Waals surface area contributed by atoms with Crippen molar-refractivity contribution in [1.29, 1.82) is 0 Å². The first-order valence-electron chi connectivity index (χ1n) is 8.52. The summed E-state index contributed by atoms with van der Waals surface area (Å²) in [5.41, 5.74) is 9.86. The molecule has 5 rings (SSSR count). The number of benzene rings is 4. The van der Waals surface area contributed by atoms with Gasteiger partial charge in [0, 0.05) is 0 Å². The summed E-state index contributed by atoms with van der Waals surface area (Å²) < 4.78 is 0. The van der Waals surface area contributed by atoms with Crippen molar-refractivity contribution in [1.82, 2.24) is 0 Å². The maximum atomic E-state index is 2.31. The molecule has 0 amide bonds. The first-order chi connectivity index (χ1) is 11.8. The first-order valence-corrected chi connectivity index (χ1v) is 8.52. The molecule has 0 fully saturated rings. The van der Waals surface area contributed by atoms with Gasteiger partial charge in [0.1, 0.15) is 0 Å². The second-order valence-electron chi connectivity index (χ2n) is 6.62. The lowest BCUT2D eigenvalue weighted by atomic mass is 9.90. The molecule has 0 saturated carbocycles. The third kappa shape index (κ3) is 1.86. The number of fused-ring (bicyclic) bond motifs is 4. The van der Waals surface area contributed by atoms with Crippen LogP contribution in [0.25, 0.3) is 33.0 Å². The summed E-state index contributed by atoms with van der Waals surface area (Å²) in [5, 5.41) is 2.64. The van der Waals surface area contributed by atoms with Crippen LogP contribution in [-0.2, 0) is 6.42 Å². The second-order valence-corrected chi connectivity index (χ2v) is 6.62. The van der Waals surface area contributed by atoms with Gasteiger partial charge in [-0.1, -0.05) is 78.9 Å². The molecule has 1 aliphatic rings. The van der Waals surface area contributed by atoms with E-state index in [0.717, 1.165) is 6.42 Å². The van der Waals surface area contributed by atoms with Gasteiger partial charge in [0.05, 0.1) is 0 Å². The molecule has 1 aliphatic carbocycles. The Hall–Kier alpha value is -2.86. The Labute approximate surface area is 142 Å². The molecule has 114 valence electrons. The van der Waals surface area contributed by atoms with E-state index < -0.39 is 0 Å². The van der Waals surface area contributed by atoms with Gasteiger partial charge in [0.25, 0.3) is 0 Å². The van der Waals surface area contributed by atoms with E-state index >= 15 is 0 Å². The molecule has 0 heteroatoms. The van der Waals surface area contributed by atoms with Crippen molar-refractivity contribution in [2.24, 2.45) is 0 Å². The fourth-order valence-corrected chi connectivity index (χ4v) is 4.12. The molecule has 0 spiro atoms. The highest BCUT2D eigenvalue weighted by molar-refractivity contribution is 5.98. The third-order valence-electron chi connectivity index (χ3n) is 5.35. The summed E-state index contributed by atoms with van der Waals surface area (Å²) in [6, 6.07) is 28.7. The van der Waals surface area contributed by atoms with E-state index in [-0.39, 0.29) is 0 Å². The Morgan fingerprint density at radius 2 is 1.29 bits per heavy atom. The lowest BCUT2D eigenvalue weighted by Crippen LogP contribution is -1.92. The number of hydrogen-bond acceptors (Lipinski definition) is 0. The van der Waals surface area contributed by atoms with Crippen molar-refractivity contribution in [2.75, 3.05) is 0 Å². The van der Waals surface area contributed by atoms with Crippen molar-refractivity contribution in [3.8, 4) is 22.3 Å². The molecule has 0 atom stereocenters. The summed E-state index contributed by atoms with van der Waals surface area (Å²) in [4.78, 5) is 0. The Balaban J connectivity index is 1.76. The van der Waals surface area contributed by atoms with Crippen LogP contribution in [0.15, 0.2) is 78.9 Å². The van der Waals surface area contributed by atoms with E-state index in [4.69, 9.17) is 0 Å². The average Bonchev–Trinajstić information content (AvgIpc) is 3.02. The van der Waals surface area contributed by atoms with E-state index in [1.165, 1.54) is 49.7 Å². The van der Waals surface area contributed by atoms with E-state index in [2.05, 4.69) is 85.8 Å². The van der Waals surface area contributed by atoms with Crippen LogP contribution < -0.4 is 0 Å². The molecule has 4 aromatic carbocycles. The summed E-state index contributed by atoms with van der Waals surface area (Å²) in [6.07, 6.45) is 1.05. The molecule has 24 heavy (non-hydrogen) atoms. The molecule has 0 aromatic heterocycles. The molecule has 0 saturated heterocycles. The van der Waals surface area contributed by atoms with Crippen molar-refractivity contribution in [3.63, 3.8) is 0 Å². The van der Waals surface area contributed by atoms with Gasteiger partial charge < -0.3 is 0 Å². The topological polar surface area (TPSA) is 0 Å². The standard InChI is InChI=1S/C24H18/c1-16-19(22-12-6-9-17-7-2-4-10-20(17)22)13-14-23-21-11-5-3-8-18(21)15-24(16)23/h2-14H,15H2,1H3. The Morgan fingerprint density at radius 1 is 0.583 bits per heavy atom. The zero-order chi connectivity index (χ0) is 16.1. The summed E-state index contributed by atoms with van der Waals surface area (Å²) in [5.74, 6) is 0. The van der Waals surface area contributed by atoms with Crippen LogP contribution in [-0.4, -0.2) is 0 Å². The Bertz CT molecular complexity index is 1080. The van der Waals surface area contributed by atoms with Gasteiger partial charge in [-0.3, -0.25) is 0 Å². The minimum atomic E-state index is 1.05. The summed E-state index contributed by atoms with van der Waals surface area (Å²) in [6.45, 7) is 2.28. The van der Waals surface area contributed by atoms with Gasteiger partial charge in [-0.2, -0.15) is 0 Å². The summed E-state index contributed by atoms with van der Waals surface area (Å²) >= 11 is 0. The van der Waals surface area contributed by atoms with Crippen molar-refractivity contribution >= 4 is 10.8 Å². The lowest BCUT2D eigenvalue weighted by Gasteiger charge is -2.14.